The summed E-state index contributed by atoms with van der Waals surface area (Å²) in [6.45, 7) is 0.434. The predicted octanol–water partition coefficient (Wildman–Crippen LogP) is 1.69. The Kier molecular flexibility index (Phi) is 4.32. The molecule has 0 atom stereocenters. The summed E-state index contributed by atoms with van der Waals surface area (Å²) in [5, 5.41) is 11.0. The van der Waals surface area contributed by atoms with Gasteiger partial charge in [0.2, 0.25) is 5.91 Å². The number of amides is 1. The number of para-hydroxylation sites is 1. The molecule has 1 aromatic carbocycles. The molecule has 1 amide bonds. The lowest BCUT2D eigenvalue weighted by atomic mass is 10.2. The van der Waals surface area contributed by atoms with E-state index in [0.29, 0.717) is 12.3 Å². The highest BCUT2D eigenvalue weighted by atomic mass is 16.5. The van der Waals surface area contributed by atoms with Crippen molar-refractivity contribution in [2.45, 2.75) is 13.0 Å². The summed E-state index contributed by atoms with van der Waals surface area (Å²) in [6.07, 6.45) is -0.138. The molecule has 4 heteroatoms. The first-order valence-electron chi connectivity index (χ1n) is 4.51. The largest absolute Gasteiger partial charge is 0.380 e. The van der Waals surface area contributed by atoms with E-state index in [1.807, 2.05) is 18.2 Å². The van der Waals surface area contributed by atoms with Gasteiger partial charge in [-0.1, -0.05) is 18.2 Å². The summed E-state index contributed by atoms with van der Waals surface area (Å²) in [4.78, 5) is 11.2. The third-order valence-electron chi connectivity index (χ3n) is 1.83. The first-order valence-corrected chi connectivity index (χ1v) is 4.51. The van der Waals surface area contributed by atoms with Gasteiger partial charge in [-0.25, -0.2) is 0 Å². The summed E-state index contributed by atoms with van der Waals surface area (Å²) in [5.74, 6) is -0.305. The van der Waals surface area contributed by atoms with Crippen molar-refractivity contribution in [3.63, 3.8) is 0 Å². The molecular weight excluding hydrogens is 192 g/mol. The predicted molar refractivity (Wildman–Crippen MR) is 56.0 cm³/mol. The molecule has 1 aromatic rings. The van der Waals surface area contributed by atoms with Gasteiger partial charge in [-0.3, -0.25) is 4.79 Å². The topological polar surface area (TPSA) is 62.1 Å². The number of hydrogen-bond acceptors (Lipinski definition) is 3. The molecule has 0 saturated heterocycles. The van der Waals surface area contributed by atoms with E-state index in [4.69, 9.17) is 10.00 Å². The maximum absolute atomic E-state index is 11.2. The molecule has 1 rings (SSSR count). The molecule has 0 aromatic heterocycles. The number of nitrogens with zero attached hydrogens (tertiary/aromatic N) is 1. The van der Waals surface area contributed by atoms with Crippen molar-refractivity contribution in [3.8, 4) is 6.07 Å². The van der Waals surface area contributed by atoms with Gasteiger partial charge >= 0.3 is 0 Å². The maximum Gasteiger partial charge on any atom is 0.238 e. The molecule has 0 bridgehead atoms. The lowest BCUT2D eigenvalue weighted by Crippen LogP contribution is -2.11. The monoisotopic (exact) mass is 204 g/mol. The molecule has 0 spiro atoms. The number of nitrogens with one attached hydrogen (secondary N) is 1. The Morgan fingerprint density at radius 3 is 2.93 bits per heavy atom. The molecular formula is C11H12N2O2. The number of rotatable bonds is 4. The Morgan fingerprint density at radius 2 is 2.27 bits per heavy atom. The normalized spacial score (nSPS) is 9.33. The number of benzene rings is 1. The molecule has 0 radical (unpaired) electrons. The van der Waals surface area contributed by atoms with Gasteiger partial charge in [0.15, 0.2) is 0 Å². The summed E-state index contributed by atoms with van der Waals surface area (Å²) in [6, 6.07) is 9.13. The summed E-state index contributed by atoms with van der Waals surface area (Å²) in [7, 11) is 1.59. The van der Waals surface area contributed by atoms with E-state index in [-0.39, 0.29) is 12.3 Å². The van der Waals surface area contributed by atoms with Crippen molar-refractivity contribution in [1.82, 2.24) is 0 Å². The average molecular weight is 204 g/mol. The zero-order valence-corrected chi connectivity index (χ0v) is 8.49. The number of ether oxygens (including phenoxy) is 1. The van der Waals surface area contributed by atoms with Gasteiger partial charge in [0.1, 0.15) is 6.42 Å². The first kappa shape index (κ1) is 11.2. The summed E-state index contributed by atoms with van der Waals surface area (Å²) < 4.78 is 4.99. The fraction of sp³-hybridized carbons (Fsp3) is 0.273. The third-order valence-corrected chi connectivity index (χ3v) is 1.83. The van der Waals surface area contributed by atoms with Crippen LogP contribution >= 0.6 is 0 Å². The lowest BCUT2D eigenvalue weighted by Gasteiger charge is -2.08. The molecule has 4 nitrogen and oxygen atoms in total. The minimum atomic E-state index is -0.305. The molecule has 0 aliphatic rings. The maximum atomic E-state index is 11.2. The van der Waals surface area contributed by atoms with Crippen LogP contribution < -0.4 is 5.32 Å². The quantitative estimate of drug-likeness (QED) is 0.811. The lowest BCUT2D eigenvalue weighted by molar-refractivity contribution is -0.115. The van der Waals surface area contributed by atoms with Crippen LogP contribution in [0.15, 0.2) is 24.3 Å². The number of carbonyl (C=O) groups is 1. The van der Waals surface area contributed by atoms with E-state index in [9.17, 15) is 4.79 Å². The molecule has 0 aliphatic heterocycles. The Bertz CT molecular complexity index is 382. The van der Waals surface area contributed by atoms with E-state index in [1.54, 1.807) is 19.2 Å². The van der Waals surface area contributed by atoms with E-state index >= 15 is 0 Å². The second-order valence-electron chi connectivity index (χ2n) is 2.97. The van der Waals surface area contributed by atoms with Gasteiger partial charge in [0.05, 0.1) is 12.7 Å². The fourth-order valence-electron chi connectivity index (χ4n) is 1.19. The van der Waals surface area contributed by atoms with Crippen molar-refractivity contribution >= 4 is 11.6 Å². The fourth-order valence-corrected chi connectivity index (χ4v) is 1.19. The average Bonchev–Trinajstić information content (AvgIpc) is 2.21. The summed E-state index contributed by atoms with van der Waals surface area (Å²) >= 11 is 0. The number of carbonyl (C=O) groups excluding carboxylic acids is 1. The van der Waals surface area contributed by atoms with E-state index < -0.39 is 0 Å². The molecule has 1 N–H and O–H groups in total. The molecule has 78 valence electrons. The van der Waals surface area contributed by atoms with Gasteiger partial charge in [0.25, 0.3) is 0 Å². The smallest absolute Gasteiger partial charge is 0.238 e. The Hall–Kier alpha value is -1.86. The number of nitriles is 1. The second kappa shape index (κ2) is 5.78. The highest BCUT2D eigenvalue weighted by Crippen LogP contribution is 2.15. The van der Waals surface area contributed by atoms with Gasteiger partial charge < -0.3 is 10.1 Å². The molecule has 0 heterocycles. The number of methoxy groups -OCH3 is 1. The molecule has 0 fully saturated rings. The minimum absolute atomic E-state index is 0.138. The van der Waals surface area contributed by atoms with Crippen LogP contribution in [0, 0.1) is 11.3 Å². The van der Waals surface area contributed by atoms with E-state index in [0.717, 1.165) is 5.56 Å². The van der Waals surface area contributed by atoms with Crippen LogP contribution in [-0.2, 0) is 16.1 Å². The van der Waals surface area contributed by atoms with Gasteiger partial charge in [-0.05, 0) is 6.07 Å². The van der Waals surface area contributed by atoms with Gasteiger partial charge in [0, 0.05) is 18.4 Å². The highest BCUT2D eigenvalue weighted by molar-refractivity contribution is 5.92. The zero-order chi connectivity index (χ0) is 11.1. The number of anilines is 1. The third kappa shape index (κ3) is 3.41. The van der Waals surface area contributed by atoms with Crippen LogP contribution in [0.3, 0.4) is 0 Å². The summed E-state index contributed by atoms with van der Waals surface area (Å²) in [5.41, 5.74) is 1.59. The van der Waals surface area contributed by atoms with Crippen LogP contribution in [0.2, 0.25) is 0 Å². The molecule has 0 saturated carbocycles. The number of hydrogen-bond donors (Lipinski definition) is 1. The molecule has 15 heavy (non-hydrogen) atoms. The molecule has 0 aliphatic carbocycles. The van der Waals surface area contributed by atoms with Crippen molar-refractivity contribution in [2.75, 3.05) is 12.4 Å². The Balaban J connectivity index is 2.75. The van der Waals surface area contributed by atoms with E-state index in [2.05, 4.69) is 5.32 Å². The van der Waals surface area contributed by atoms with Crippen molar-refractivity contribution in [3.05, 3.63) is 29.8 Å². The second-order valence-corrected chi connectivity index (χ2v) is 2.97. The molecule has 0 unspecified atom stereocenters. The van der Waals surface area contributed by atoms with Crippen molar-refractivity contribution in [2.24, 2.45) is 0 Å². The highest BCUT2D eigenvalue weighted by Gasteiger charge is 2.05. The zero-order valence-electron chi connectivity index (χ0n) is 8.49. The Morgan fingerprint density at radius 1 is 1.53 bits per heavy atom. The van der Waals surface area contributed by atoms with Gasteiger partial charge in [-0.15, -0.1) is 0 Å². The van der Waals surface area contributed by atoms with Crippen LogP contribution in [0.25, 0.3) is 0 Å². The van der Waals surface area contributed by atoms with Crippen LogP contribution in [-0.4, -0.2) is 13.0 Å². The van der Waals surface area contributed by atoms with Gasteiger partial charge in [-0.2, -0.15) is 5.26 Å². The van der Waals surface area contributed by atoms with Crippen molar-refractivity contribution in [1.29, 1.82) is 5.26 Å². The Labute approximate surface area is 88.5 Å². The van der Waals surface area contributed by atoms with Crippen LogP contribution in [0.1, 0.15) is 12.0 Å². The standard InChI is InChI=1S/C11H12N2O2/c1-15-8-9-4-2-3-5-10(9)13-11(14)6-7-12/h2-5H,6,8H2,1H3,(H,13,14). The SMILES string of the molecule is COCc1ccccc1NC(=O)CC#N. The minimum Gasteiger partial charge on any atom is -0.380 e. The first-order chi connectivity index (χ1) is 7.27. The van der Waals surface area contributed by atoms with Crippen LogP contribution in [0.5, 0.6) is 0 Å². The van der Waals surface area contributed by atoms with Crippen molar-refractivity contribution < 1.29 is 9.53 Å². The van der Waals surface area contributed by atoms with E-state index in [1.165, 1.54) is 0 Å². The van der Waals surface area contributed by atoms with Crippen LogP contribution in [0.4, 0.5) is 5.69 Å².